The van der Waals surface area contributed by atoms with Gasteiger partial charge in [0.05, 0.1) is 12.5 Å². The van der Waals surface area contributed by atoms with Crippen molar-refractivity contribution < 1.29 is 14.5 Å². The van der Waals surface area contributed by atoms with Gasteiger partial charge in [0.15, 0.2) is 0 Å². The predicted molar refractivity (Wildman–Crippen MR) is 35.2 cm³/mol. The lowest BCUT2D eigenvalue weighted by Crippen LogP contribution is -2.28. The molecule has 54 valence electrons. The van der Waals surface area contributed by atoms with E-state index in [2.05, 4.69) is 10.1 Å². The zero-order chi connectivity index (χ0) is 7.28. The van der Waals surface area contributed by atoms with Gasteiger partial charge in [-0.05, 0) is 0 Å². The molecule has 1 unspecified atom stereocenters. The van der Waals surface area contributed by atoms with Gasteiger partial charge in [-0.25, -0.2) is 5.48 Å². The van der Waals surface area contributed by atoms with Crippen molar-refractivity contribution in [3.8, 4) is 0 Å². The second kappa shape index (κ2) is 4.68. The fourth-order valence-corrected chi connectivity index (χ4v) is 0.358. The van der Waals surface area contributed by atoms with Crippen LogP contribution in [0.25, 0.3) is 0 Å². The van der Waals surface area contributed by atoms with Gasteiger partial charge in [-0.1, -0.05) is 6.92 Å². The molecule has 1 amide bonds. The van der Waals surface area contributed by atoms with Crippen LogP contribution in [-0.4, -0.2) is 17.6 Å². The molecule has 0 saturated carbocycles. The third kappa shape index (κ3) is 3.40. The Labute approximate surface area is 55.8 Å². The Kier molecular flexibility index (Phi) is 4.58. The fraction of sp³-hybridized carbons (Fsp3) is 0.750. The van der Waals surface area contributed by atoms with Crippen LogP contribution in [0.15, 0.2) is 0 Å². The van der Waals surface area contributed by atoms with Gasteiger partial charge in [-0.3, -0.25) is 9.42 Å². The van der Waals surface area contributed by atoms with E-state index >= 15 is 0 Å². The Morgan fingerprint density at radius 3 is 2.89 bits per heavy atom. The third-order valence-corrected chi connectivity index (χ3v) is 0.999. The molecule has 0 aromatic carbocycles. The molecule has 0 spiro atoms. The highest BCUT2D eigenvalue weighted by Crippen LogP contribution is 1.92. The molecule has 9 heavy (non-hydrogen) atoms. The number of amides is 1. The first-order chi connectivity index (χ1) is 4.22. The van der Waals surface area contributed by atoms with E-state index in [1.54, 1.807) is 6.92 Å². The summed E-state index contributed by atoms with van der Waals surface area (Å²) in [5.74, 6) is -0.738. The molecule has 0 saturated heterocycles. The molecular weight excluding hydrogens is 141 g/mol. The summed E-state index contributed by atoms with van der Waals surface area (Å²) >= 11 is 0. The molecule has 0 aliphatic carbocycles. The first-order valence-corrected chi connectivity index (χ1v) is 2.96. The smallest absolute Gasteiger partial charge is 0.248 e. The first-order valence-electron chi connectivity index (χ1n) is 2.48. The van der Waals surface area contributed by atoms with Crippen molar-refractivity contribution in [2.75, 3.05) is 6.61 Å². The quantitative estimate of drug-likeness (QED) is 0.420. The van der Waals surface area contributed by atoms with Crippen molar-refractivity contribution in [2.45, 2.75) is 6.92 Å². The molecule has 0 fully saturated rings. The molecule has 0 aromatic heterocycles. The number of nitrogens with one attached hydrogen (secondary N) is 1. The maximum atomic E-state index is 10.6. The van der Waals surface area contributed by atoms with Crippen molar-refractivity contribution >= 4 is 15.4 Å². The number of aliphatic hydroxyl groups excluding tert-OH is 1. The zero-order valence-corrected chi connectivity index (χ0v) is 6.28. The van der Waals surface area contributed by atoms with Crippen LogP contribution in [-0.2, 0) is 9.42 Å². The molecule has 4 nitrogen and oxygen atoms in total. The number of carbonyl (C=O) groups is 1. The Hall–Kier alpha value is -0.180. The van der Waals surface area contributed by atoms with Crippen molar-refractivity contribution in [2.24, 2.45) is 5.92 Å². The molecular formula is C4H10NO3P. The second-order valence-electron chi connectivity index (χ2n) is 1.67. The van der Waals surface area contributed by atoms with Crippen LogP contribution in [0.5, 0.6) is 0 Å². The summed E-state index contributed by atoms with van der Waals surface area (Å²) in [7, 11) is 1.88. The zero-order valence-electron chi connectivity index (χ0n) is 5.13. The number of hydrogen-bond donors (Lipinski definition) is 2. The topological polar surface area (TPSA) is 58.6 Å². The molecule has 0 aliphatic heterocycles. The minimum Gasteiger partial charge on any atom is -0.396 e. The molecule has 0 aliphatic rings. The van der Waals surface area contributed by atoms with Crippen LogP contribution >= 0.6 is 9.47 Å². The third-order valence-electron chi connectivity index (χ3n) is 0.881. The molecule has 0 bridgehead atoms. The van der Waals surface area contributed by atoms with Gasteiger partial charge in [-0.2, -0.15) is 0 Å². The normalized spacial score (nSPS) is 12.8. The largest absolute Gasteiger partial charge is 0.396 e. The average Bonchev–Trinajstić information content (AvgIpc) is 1.87. The van der Waals surface area contributed by atoms with Crippen molar-refractivity contribution in [1.82, 2.24) is 5.48 Å². The van der Waals surface area contributed by atoms with Gasteiger partial charge in [0.1, 0.15) is 0 Å². The highest BCUT2D eigenvalue weighted by atomic mass is 31.0. The van der Waals surface area contributed by atoms with Gasteiger partial charge in [0.2, 0.25) is 5.91 Å². The van der Waals surface area contributed by atoms with E-state index in [1.807, 2.05) is 9.47 Å². The van der Waals surface area contributed by atoms with Crippen LogP contribution in [0.1, 0.15) is 6.92 Å². The van der Waals surface area contributed by atoms with E-state index in [-0.39, 0.29) is 12.5 Å². The van der Waals surface area contributed by atoms with Crippen LogP contribution in [0.4, 0.5) is 0 Å². The van der Waals surface area contributed by atoms with E-state index in [9.17, 15) is 4.79 Å². The highest BCUT2D eigenvalue weighted by Gasteiger charge is 2.09. The first kappa shape index (κ1) is 8.82. The average molecular weight is 151 g/mol. The minimum atomic E-state index is -0.412. The molecule has 0 radical (unpaired) electrons. The minimum absolute atomic E-state index is 0.167. The second-order valence-corrected chi connectivity index (χ2v) is 1.90. The summed E-state index contributed by atoms with van der Waals surface area (Å²) < 4.78 is 4.23. The summed E-state index contributed by atoms with van der Waals surface area (Å²) in [4.78, 5) is 10.6. The fourth-order valence-electron chi connectivity index (χ4n) is 0.242. The van der Waals surface area contributed by atoms with E-state index in [0.29, 0.717) is 0 Å². The summed E-state index contributed by atoms with van der Waals surface area (Å²) in [6.45, 7) is 1.43. The predicted octanol–water partition coefficient (Wildman–Crippen LogP) is -0.547. The Balaban J connectivity index is 3.46. The molecule has 0 aromatic rings. The Bertz CT molecular complexity index is 97.8. The number of hydrogen-bond acceptors (Lipinski definition) is 3. The van der Waals surface area contributed by atoms with Crippen molar-refractivity contribution in [1.29, 1.82) is 0 Å². The van der Waals surface area contributed by atoms with E-state index in [1.165, 1.54) is 0 Å². The van der Waals surface area contributed by atoms with E-state index in [4.69, 9.17) is 5.11 Å². The lowest BCUT2D eigenvalue weighted by Gasteiger charge is -2.05. The van der Waals surface area contributed by atoms with E-state index in [0.717, 1.165) is 0 Å². The van der Waals surface area contributed by atoms with E-state index < -0.39 is 5.92 Å². The van der Waals surface area contributed by atoms with Crippen LogP contribution in [0.3, 0.4) is 0 Å². The van der Waals surface area contributed by atoms with Crippen LogP contribution in [0, 0.1) is 5.92 Å². The molecule has 5 heteroatoms. The molecule has 2 N–H and O–H groups in total. The number of hydroxylamine groups is 1. The standard InChI is InChI=1S/C4H10NO3P/c1-3(2-6)4(7)5-8-9/h3,6H,2,9H2,1H3,(H,5,7)/t3-/m0/s1. The van der Waals surface area contributed by atoms with Crippen LogP contribution < -0.4 is 5.48 Å². The lowest BCUT2D eigenvalue weighted by atomic mass is 10.2. The van der Waals surface area contributed by atoms with Gasteiger partial charge in [0.25, 0.3) is 0 Å². The van der Waals surface area contributed by atoms with Crippen LogP contribution in [0.2, 0.25) is 0 Å². The molecule has 2 atom stereocenters. The lowest BCUT2D eigenvalue weighted by molar-refractivity contribution is -0.131. The summed E-state index contributed by atoms with van der Waals surface area (Å²) in [6, 6.07) is 0. The van der Waals surface area contributed by atoms with Gasteiger partial charge >= 0.3 is 0 Å². The van der Waals surface area contributed by atoms with Gasteiger partial charge in [0, 0.05) is 9.47 Å². The number of carbonyl (C=O) groups excluding carboxylic acids is 1. The van der Waals surface area contributed by atoms with Crippen molar-refractivity contribution in [3.05, 3.63) is 0 Å². The monoisotopic (exact) mass is 151 g/mol. The van der Waals surface area contributed by atoms with Crippen molar-refractivity contribution in [3.63, 3.8) is 0 Å². The van der Waals surface area contributed by atoms with Gasteiger partial charge < -0.3 is 5.11 Å². The SMILES string of the molecule is C[C@@H](CO)C(=O)NOP. The highest BCUT2D eigenvalue weighted by molar-refractivity contribution is 7.09. The Morgan fingerprint density at radius 2 is 2.56 bits per heavy atom. The maximum Gasteiger partial charge on any atom is 0.248 e. The van der Waals surface area contributed by atoms with Gasteiger partial charge in [-0.15, -0.1) is 0 Å². The summed E-state index contributed by atoms with van der Waals surface area (Å²) in [6.07, 6.45) is 0. The summed E-state index contributed by atoms with van der Waals surface area (Å²) in [5, 5.41) is 8.41. The maximum absolute atomic E-state index is 10.6. The molecule has 0 rings (SSSR count). The number of aliphatic hydroxyl groups is 1. The summed E-state index contributed by atoms with van der Waals surface area (Å²) in [5.41, 5.74) is 2.06. The molecule has 0 heterocycles. The Morgan fingerprint density at radius 1 is 2.00 bits per heavy atom. The number of rotatable bonds is 3.